The van der Waals surface area contributed by atoms with Crippen LogP contribution >= 0.6 is 0 Å². The van der Waals surface area contributed by atoms with Gasteiger partial charge in [0, 0.05) is 12.0 Å². The van der Waals surface area contributed by atoms with E-state index in [-0.39, 0.29) is 12.1 Å². The molecule has 0 aromatic heterocycles. The number of nitrogens with zero attached hydrogens (tertiary/aromatic N) is 1. The fraction of sp³-hybridized carbons (Fsp3) is 0.385. The summed E-state index contributed by atoms with van der Waals surface area (Å²) in [7, 11) is 0. The van der Waals surface area contributed by atoms with Crippen LogP contribution in [0, 0.1) is 11.3 Å². The molecular weight excluding hydrogens is 374 g/mol. The van der Waals surface area contributed by atoms with E-state index in [4.69, 9.17) is 14.7 Å². The molecule has 4 nitrogen and oxygen atoms in total. The summed E-state index contributed by atoms with van der Waals surface area (Å²) in [6.45, 7) is 4.45. The van der Waals surface area contributed by atoms with E-state index in [1.54, 1.807) is 0 Å². The molecule has 1 unspecified atom stereocenters. The van der Waals surface area contributed by atoms with Gasteiger partial charge in [0.2, 0.25) is 0 Å². The fourth-order valence-electron chi connectivity index (χ4n) is 3.65. The van der Waals surface area contributed by atoms with Crippen LogP contribution in [-0.2, 0) is 9.53 Å². The first kappa shape index (κ1) is 21.6. The summed E-state index contributed by atoms with van der Waals surface area (Å²) in [4.78, 5) is 11.3. The van der Waals surface area contributed by atoms with Crippen LogP contribution in [0.4, 0.5) is 0 Å². The van der Waals surface area contributed by atoms with Crippen LogP contribution in [0.2, 0.25) is 0 Å². The Labute approximate surface area is 179 Å². The quantitative estimate of drug-likeness (QED) is 0.254. The summed E-state index contributed by atoms with van der Waals surface area (Å²) in [6, 6.07) is 17.8. The smallest absolute Gasteiger partial charge is 0.333 e. The molecule has 0 radical (unpaired) electrons. The van der Waals surface area contributed by atoms with Gasteiger partial charge in [-0.15, -0.1) is 0 Å². The number of esters is 1. The number of nitriles is 1. The Morgan fingerprint density at radius 2 is 1.53 bits per heavy atom. The first-order chi connectivity index (χ1) is 14.7. The predicted molar refractivity (Wildman–Crippen MR) is 118 cm³/mol. The molecule has 1 saturated heterocycles. The van der Waals surface area contributed by atoms with Gasteiger partial charge in [-0.1, -0.05) is 56.5 Å². The highest BCUT2D eigenvalue weighted by molar-refractivity contribution is 5.89. The Balaban J connectivity index is 1.24. The Bertz CT molecular complexity index is 862. The zero-order valence-electron chi connectivity index (χ0n) is 17.4. The summed E-state index contributed by atoms with van der Waals surface area (Å²) < 4.78 is 11.1. The highest BCUT2D eigenvalue weighted by atomic mass is 16.5. The number of rotatable bonds is 11. The van der Waals surface area contributed by atoms with Crippen LogP contribution in [0.15, 0.2) is 60.7 Å². The van der Waals surface area contributed by atoms with E-state index in [0.717, 1.165) is 42.7 Å². The van der Waals surface area contributed by atoms with E-state index in [2.05, 4.69) is 12.6 Å². The molecule has 3 rings (SSSR count). The molecule has 2 aromatic carbocycles. The van der Waals surface area contributed by atoms with Gasteiger partial charge in [0.05, 0.1) is 18.2 Å². The first-order valence-electron chi connectivity index (χ1n) is 10.8. The zero-order valence-corrected chi connectivity index (χ0v) is 17.4. The van der Waals surface area contributed by atoms with Gasteiger partial charge in [-0.2, -0.15) is 5.26 Å². The van der Waals surface area contributed by atoms with Gasteiger partial charge in [-0.05, 0) is 54.7 Å². The van der Waals surface area contributed by atoms with E-state index in [1.807, 2.05) is 48.5 Å². The third kappa shape index (κ3) is 6.49. The molecule has 1 aliphatic heterocycles. The van der Waals surface area contributed by atoms with Crippen LogP contribution < -0.4 is 4.74 Å². The molecule has 0 amide bonds. The maximum absolute atomic E-state index is 11.3. The summed E-state index contributed by atoms with van der Waals surface area (Å²) in [5, 5.41) is 8.88. The average Bonchev–Trinajstić information content (AvgIpc) is 3.10. The first-order valence-corrected chi connectivity index (χ1v) is 10.8. The molecule has 156 valence electrons. The van der Waals surface area contributed by atoms with Crippen molar-refractivity contribution in [2.24, 2.45) is 0 Å². The van der Waals surface area contributed by atoms with Crippen molar-refractivity contribution >= 4 is 5.97 Å². The molecule has 1 atom stereocenters. The van der Waals surface area contributed by atoms with Gasteiger partial charge in [0.25, 0.3) is 0 Å². The molecule has 2 aromatic rings. The second kappa shape index (κ2) is 11.2. The van der Waals surface area contributed by atoms with Crippen molar-refractivity contribution < 1.29 is 14.3 Å². The van der Waals surface area contributed by atoms with E-state index < -0.39 is 0 Å². The molecule has 1 heterocycles. The number of unbranched alkanes of at least 4 members (excludes halogenated alkanes) is 5. The van der Waals surface area contributed by atoms with Crippen LogP contribution in [-0.4, -0.2) is 18.7 Å². The number of carbonyl (C=O) groups excluding carboxylic acids is 1. The Hall–Kier alpha value is -3.06. The van der Waals surface area contributed by atoms with Crippen LogP contribution in [0.25, 0.3) is 11.1 Å². The lowest BCUT2D eigenvalue weighted by molar-refractivity contribution is -0.139. The van der Waals surface area contributed by atoms with Gasteiger partial charge in [0.1, 0.15) is 11.9 Å². The minimum absolute atomic E-state index is 0.0571. The normalized spacial score (nSPS) is 15.6. The number of hydrogen-bond donors (Lipinski definition) is 0. The molecule has 0 aliphatic carbocycles. The Morgan fingerprint density at radius 1 is 0.933 bits per heavy atom. The van der Waals surface area contributed by atoms with Gasteiger partial charge >= 0.3 is 5.97 Å². The monoisotopic (exact) mass is 403 g/mol. The summed E-state index contributed by atoms with van der Waals surface area (Å²) in [5.74, 6) is 0.670. The van der Waals surface area contributed by atoms with Crippen LogP contribution in [0.3, 0.4) is 0 Å². The Morgan fingerprint density at radius 3 is 2.13 bits per heavy atom. The third-order valence-electron chi connectivity index (χ3n) is 5.43. The summed E-state index contributed by atoms with van der Waals surface area (Å²) in [5.41, 5.74) is 3.49. The molecule has 1 aliphatic rings. The lowest BCUT2D eigenvalue weighted by Crippen LogP contribution is -2.06. The topological polar surface area (TPSA) is 59.3 Å². The molecule has 1 fully saturated rings. The van der Waals surface area contributed by atoms with E-state index in [0.29, 0.717) is 17.6 Å². The minimum Gasteiger partial charge on any atom is -0.494 e. The number of ether oxygens (including phenoxy) is 2. The number of carbonyl (C=O) groups is 1. The van der Waals surface area contributed by atoms with E-state index in [1.165, 1.54) is 25.7 Å². The molecule has 0 bridgehead atoms. The minimum atomic E-state index is -0.219. The van der Waals surface area contributed by atoms with E-state index in [9.17, 15) is 4.79 Å². The van der Waals surface area contributed by atoms with Crippen LogP contribution in [0.5, 0.6) is 5.75 Å². The third-order valence-corrected chi connectivity index (χ3v) is 5.43. The second-order valence-electron chi connectivity index (χ2n) is 7.81. The summed E-state index contributed by atoms with van der Waals surface area (Å²) in [6.07, 6.45) is 8.62. The number of cyclic esters (lactones) is 1. The predicted octanol–water partition coefficient (Wildman–Crippen LogP) is 6.21. The van der Waals surface area contributed by atoms with Gasteiger partial charge in [0.15, 0.2) is 0 Å². The van der Waals surface area contributed by atoms with Crippen molar-refractivity contribution in [3.8, 4) is 22.9 Å². The fourth-order valence-corrected chi connectivity index (χ4v) is 3.65. The van der Waals surface area contributed by atoms with Gasteiger partial charge in [-0.25, -0.2) is 4.79 Å². The van der Waals surface area contributed by atoms with Crippen molar-refractivity contribution in [3.05, 3.63) is 66.2 Å². The van der Waals surface area contributed by atoms with Crippen molar-refractivity contribution in [1.82, 2.24) is 0 Å². The molecule has 0 saturated carbocycles. The lowest BCUT2D eigenvalue weighted by atomic mass is 10.0. The lowest BCUT2D eigenvalue weighted by Gasteiger charge is -2.09. The molecular formula is C26H29NO3. The van der Waals surface area contributed by atoms with E-state index >= 15 is 0 Å². The van der Waals surface area contributed by atoms with Crippen molar-refractivity contribution in [2.45, 2.75) is 57.5 Å². The van der Waals surface area contributed by atoms with Crippen molar-refractivity contribution in [3.63, 3.8) is 0 Å². The molecule has 0 spiro atoms. The Kier molecular flexibility index (Phi) is 8.09. The highest BCUT2D eigenvalue weighted by Crippen LogP contribution is 2.24. The summed E-state index contributed by atoms with van der Waals surface area (Å²) >= 11 is 0. The SMILES string of the molecule is C=C1CC(CCCCCCCCOc2ccc(-c3ccc(C#N)cc3)cc2)OC1=O. The zero-order chi connectivity index (χ0) is 21.2. The standard InChI is InChI=1S/C26H29NO3/c1-20-18-25(30-26(20)28)8-6-4-2-3-5-7-17-29-24-15-13-23(14-16-24)22-11-9-21(19-27)10-12-22/h9-16,25H,1-8,17-18H2. The molecule has 4 heteroatoms. The van der Waals surface area contributed by atoms with Gasteiger partial charge < -0.3 is 9.47 Å². The molecule has 0 N–H and O–H groups in total. The molecule has 30 heavy (non-hydrogen) atoms. The second-order valence-corrected chi connectivity index (χ2v) is 7.81. The maximum atomic E-state index is 11.3. The van der Waals surface area contributed by atoms with Crippen molar-refractivity contribution in [1.29, 1.82) is 5.26 Å². The van der Waals surface area contributed by atoms with Gasteiger partial charge in [-0.3, -0.25) is 0 Å². The number of hydrogen-bond acceptors (Lipinski definition) is 4. The maximum Gasteiger partial charge on any atom is 0.333 e. The average molecular weight is 404 g/mol. The highest BCUT2D eigenvalue weighted by Gasteiger charge is 2.26. The van der Waals surface area contributed by atoms with Crippen LogP contribution in [0.1, 0.15) is 56.9 Å². The van der Waals surface area contributed by atoms with Crippen molar-refractivity contribution in [2.75, 3.05) is 6.61 Å². The largest absolute Gasteiger partial charge is 0.494 e. The number of benzene rings is 2.